The van der Waals surface area contributed by atoms with Gasteiger partial charge in [0, 0.05) is 51.0 Å². The van der Waals surface area contributed by atoms with Gasteiger partial charge >= 0.3 is 0 Å². The summed E-state index contributed by atoms with van der Waals surface area (Å²) in [6, 6.07) is 3.93. The first-order chi connectivity index (χ1) is 10.7. The summed E-state index contributed by atoms with van der Waals surface area (Å²) in [4.78, 5) is 10.9. The average Bonchev–Trinajstić information content (AvgIpc) is 3.19. The SMILES string of the molecule is CN=C(NCc1ccnc(OC)c1)N1CCC2(CCOC2)C1.I. The van der Waals surface area contributed by atoms with Gasteiger partial charge in [0.2, 0.25) is 5.88 Å². The Labute approximate surface area is 154 Å². The Balaban J connectivity index is 0.00000192. The van der Waals surface area contributed by atoms with E-state index in [2.05, 4.69) is 20.2 Å². The molecule has 1 N–H and O–H groups in total. The molecule has 3 rings (SSSR count). The number of pyridine rings is 1. The minimum atomic E-state index is 0. The van der Waals surface area contributed by atoms with Crippen LogP contribution in [0.25, 0.3) is 0 Å². The second-order valence-corrected chi connectivity index (χ2v) is 6.08. The standard InChI is InChI=1S/C16H24N4O2.HI/c1-17-15(19-10-13-3-6-18-14(9-13)21-2)20-7-4-16(11-20)5-8-22-12-16;/h3,6,9H,4-5,7-8,10-12H2,1-2H3,(H,17,19);1H. The molecule has 0 bridgehead atoms. The van der Waals surface area contributed by atoms with E-state index in [9.17, 15) is 0 Å². The quantitative estimate of drug-likeness (QED) is 0.449. The number of methoxy groups -OCH3 is 1. The fraction of sp³-hybridized carbons (Fsp3) is 0.625. The maximum Gasteiger partial charge on any atom is 0.213 e. The van der Waals surface area contributed by atoms with Gasteiger partial charge in [-0.15, -0.1) is 24.0 Å². The molecule has 2 aliphatic rings. The molecule has 2 aliphatic heterocycles. The van der Waals surface area contributed by atoms with Crippen LogP contribution in [0.1, 0.15) is 18.4 Å². The number of guanidine groups is 1. The predicted molar refractivity (Wildman–Crippen MR) is 100 cm³/mol. The van der Waals surface area contributed by atoms with Crippen LogP contribution in [-0.4, -0.2) is 56.3 Å². The third-order valence-corrected chi connectivity index (χ3v) is 4.59. The summed E-state index contributed by atoms with van der Waals surface area (Å²) in [6.45, 7) is 4.58. The molecule has 0 radical (unpaired) electrons. The molecular weight excluding hydrogens is 407 g/mol. The first kappa shape index (κ1) is 18.3. The second-order valence-electron chi connectivity index (χ2n) is 6.08. The van der Waals surface area contributed by atoms with Crippen molar-refractivity contribution < 1.29 is 9.47 Å². The van der Waals surface area contributed by atoms with Crippen LogP contribution in [0, 0.1) is 5.41 Å². The van der Waals surface area contributed by atoms with Crippen LogP contribution >= 0.6 is 24.0 Å². The summed E-state index contributed by atoms with van der Waals surface area (Å²) in [5, 5.41) is 3.44. The number of nitrogens with zero attached hydrogens (tertiary/aromatic N) is 3. The van der Waals surface area contributed by atoms with Crippen molar-refractivity contribution >= 4 is 29.9 Å². The third kappa shape index (κ3) is 4.26. The number of aromatic nitrogens is 1. The van der Waals surface area contributed by atoms with Crippen molar-refractivity contribution in [3.8, 4) is 5.88 Å². The fourth-order valence-corrected chi connectivity index (χ4v) is 3.27. The van der Waals surface area contributed by atoms with Gasteiger partial charge in [-0.25, -0.2) is 4.98 Å². The van der Waals surface area contributed by atoms with Crippen LogP contribution in [0.15, 0.2) is 23.3 Å². The van der Waals surface area contributed by atoms with E-state index in [0.29, 0.717) is 17.8 Å². The fourth-order valence-electron chi connectivity index (χ4n) is 3.27. The van der Waals surface area contributed by atoms with Gasteiger partial charge in [-0.05, 0) is 24.5 Å². The maximum absolute atomic E-state index is 5.59. The number of rotatable bonds is 3. The molecule has 6 nitrogen and oxygen atoms in total. The molecule has 0 saturated carbocycles. The van der Waals surface area contributed by atoms with Crippen LogP contribution < -0.4 is 10.1 Å². The van der Waals surface area contributed by atoms with E-state index < -0.39 is 0 Å². The lowest BCUT2D eigenvalue weighted by molar-refractivity contribution is 0.156. The molecule has 23 heavy (non-hydrogen) atoms. The van der Waals surface area contributed by atoms with Crippen molar-refractivity contribution in [2.75, 3.05) is 40.5 Å². The number of nitrogens with one attached hydrogen (secondary N) is 1. The molecule has 0 aromatic carbocycles. The van der Waals surface area contributed by atoms with Gasteiger partial charge in [-0.1, -0.05) is 0 Å². The third-order valence-electron chi connectivity index (χ3n) is 4.59. The molecule has 0 amide bonds. The average molecular weight is 432 g/mol. The molecule has 1 spiro atoms. The first-order valence-corrected chi connectivity index (χ1v) is 7.77. The van der Waals surface area contributed by atoms with E-state index in [1.165, 1.54) is 12.8 Å². The summed E-state index contributed by atoms with van der Waals surface area (Å²) < 4.78 is 10.7. The summed E-state index contributed by atoms with van der Waals surface area (Å²) in [5.41, 5.74) is 1.48. The lowest BCUT2D eigenvalue weighted by Crippen LogP contribution is -2.41. The Hall–Kier alpha value is -1.09. The second kappa shape index (κ2) is 8.14. The molecule has 1 aromatic heterocycles. The molecule has 0 aliphatic carbocycles. The minimum Gasteiger partial charge on any atom is -0.481 e. The molecule has 7 heteroatoms. The number of hydrogen-bond acceptors (Lipinski definition) is 4. The molecule has 3 heterocycles. The van der Waals surface area contributed by atoms with Gasteiger partial charge in [0.1, 0.15) is 0 Å². The van der Waals surface area contributed by atoms with Crippen LogP contribution in [0.4, 0.5) is 0 Å². The van der Waals surface area contributed by atoms with Crippen molar-refractivity contribution in [1.82, 2.24) is 15.2 Å². The van der Waals surface area contributed by atoms with Gasteiger partial charge < -0.3 is 19.7 Å². The van der Waals surface area contributed by atoms with Crippen molar-refractivity contribution in [3.05, 3.63) is 23.9 Å². The number of halogens is 1. The summed E-state index contributed by atoms with van der Waals surface area (Å²) in [5.74, 6) is 1.59. The number of aliphatic imine (C=N–C) groups is 1. The lowest BCUT2D eigenvalue weighted by atomic mass is 9.87. The topological polar surface area (TPSA) is 59.0 Å². The molecule has 128 valence electrons. The van der Waals surface area contributed by atoms with Gasteiger partial charge in [0.25, 0.3) is 0 Å². The molecule has 1 unspecified atom stereocenters. The molecule has 2 fully saturated rings. The highest BCUT2D eigenvalue weighted by Crippen LogP contribution is 2.38. The Morgan fingerprint density at radius 2 is 2.39 bits per heavy atom. The van der Waals surface area contributed by atoms with E-state index in [0.717, 1.165) is 37.8 Å². The van der Waals surface area contributed by atoms with Crippen molar-refractivity contribution in [1.29, 1.82) is 0 Å². The smallest absolute Gasteiger partial charge is 0.213 e. The zero-order valence-corrected chi connectivity index (χ0v) is 16.1. The van der Waals surface area contributed by atoms with Crippen molar-refractivity contribution in [2.45, 2.75) is 19.4 Å². The van der Waals surface area contributed by atoms with Gasteiger partial charge in [-0.2, -0.15) is 0 Å². The number of ether oxygens (including phenoxy) is 2. The van der Waals surface area contributed by atoms with E-state index in [1.54, 1.807) is 13.3 Å². The normalized spacial score (nSPS) is 23.9. The highest BCUT2D eigenvalue weighted by atomic mass is 127. The van der Waals surface area contributed by atoms with Crippen LogP contribution in [0.3, 0.4) is 0 Å². The van der Waals surface area contributed by atoms with Crippen molar-refractivity contribution in [3.63, 3.8) is 0 Å². The molecule has 1 aromatic rings. The summed E-state index contributed by atoms with van der Waals surface area (Å²) in [6.07, 6.45) is 4.12. The lowest BCUT2D eigenvalue weighted by Gasteiger charge is -2.25. The van der Waals surface area contributed by atoms with E-state index in [4.69, 9.17) is 9.47 Å². The van der Waals surface area contributed by atoms with Crippen LogP contribution in [0.5, 0.6) is 5.88 Å². The van der Waals surface area contributed by atoms with Gasteiger partial charge in [-0.3, -0.25) is 4.99 Å². The predicted octanol–water partition coefficient (Wildman–Crippen LogP) is 1.90. The van der Waals surface area contributed by atoms with Crippen LogP contribution in [-0.2, 0) is 11.3 Å². The summed E-state index contributed by atoms with van der Waals surface area (Å²) in [7, 11) is 3.47. The largest absolute Gasteiger partial charge is 0.481 e. The monoisotopic (exact) mass is 432 g/mol. The Morgan fingerprint density at radius 1 is 1.52 bits per heavy atom. The molecule has 2 saturated heterocycles. The van der Waals surface area contributed by atoms with E-state index >= 15 is 0 Å². The summed E-state index contributed by atoms with van der Waals surface area (Å²) >= 11 is 0. The zero-order chi connectivity index (χ0) is 15.4. The van der Waals surface area contributed by atoms with Crippen molar-refractivity contribution in [2.24, 2.45) is 10.4 Å². The minimum absolute atomic E-state index is 0. The number of likely N-dealkylation sites (tertiary alicyclic amines) is 1. The highest BCUT2D eigenvalue weighted by molar-refractivity contribution is 14.0. The first-order valence-electron chi connectivity index (χ1n) is 7.77. The zero-order valence-electron chi connectivity index (χ0n) is 13.7. The highest BCUT2D eigenvalue weighted by Gasteiger charge is 2.42. The van der Waals surface area contributed by atoms with Gasteiger partial charge in [0.15, 0.2) is 5.96 Å². The molecular formula is C16H25IN4O2. The maximum atomic E-state index is 5.59. The Kier molecular flexibility index (Phi) is 6.46. The van der Waals surface area contributed by atoms with Gasteiger partial charge in [0.05, 0.1) is 13.7 Å². The Bertz CT molecular complexity index is 547. The van der Waals surface area contributed by atoms with E-state index in [1.807, 2.05) is 19.2 Å². The van der Waals surface area contributed by atoms with Crippen LogP contribution in [0.2, 0.25) is 0 Å². The van der Waals surface area contributed by atoms with E-state index in [-0.39, 0.29) is 24.0 Å². The Morgan fingerprint density at radius 3 is 3.09 bits per heavy atom. The molecule has 1 atom stereocenters. The number of hydrogen-bond donors (Lipinski definition) is 1.